The average molecular weight is 460 g/mol. The fourth-order valence-electron chi connectivity index (χ4n) is 2.46. The van der Waals surface area contributed by atoms with Gasteiger partial charge < -0.3 is 5.32 Å². The normalized spacial score (nSPS) is 11.6. The van der Waals surface area contributed by atoms with E-state index in [1.54, 1.807) is 0 Å². The van der Waals surface area contributed by atoms with Gasteiger partial charge >= 0.3 is 11.9 Å². The van der Waals surface area contributed by atoms with Crippen molar-refractivity contribution in [1.29, 1.82) is 0 Å². The van der Waals surface area contributed by atoms with Crippen LogP contribution in [0.4, 0.5) is 13.2 Å². The maximum atomic E-state index is 12.6. The van der Waals surface area contributed by atoms with Crippen molar-refractivity contribution in [1.82, 2.24) is 24.8 Å². The van der Waals surface area contributed by atoms with Gasteiger partial charge in [-0.05, 0) is 12.1 Å². The highest BCUT2D eigenvalue weighted by Crippen LogP contribution is 2.33. The molecule has 0 aromatic carbocycles. The van der Waals surface area contributed by atoms with E-state index >= 15 is 0 Å². The predicted molar refractivity (Wildman–Crippen MR) is 105 cm³/mol. The number of aryl methyl sites for hydroxylation is 1. The molecule has 0 spiro atoms. The second-order valence-electron chi connectivity index (χ2n) is 6.03. The van der Waals surface area contributed by atoms with Crippen LogP contribution in [-0.2, 0) is 13.2 Å². The number of fused-ring (bicyclic) bond motifs is 1. The molecule has 0 saturated heterocycles. The summed E-state index contributed by atoms with van der Waals surface area (Å²) >= 11 is 6.91. The molecule has 158 valence electrons. The molecule has 30 heavy (non-hydrogen) atoms. The fraction of sp³-hybridized carbons (Fsp3) is 0.235. The van der Waals surface area contributed by atoms with Gasteiger partial charge in [0.2, 0.25) is 0 Å². The van der Waals surface area contributed by atoms with E-state index in [0.29, 0.717) is 11.9 Å². The maximum Gasteiger partial charge on any atom is 0.417 e. The average Bonchev–Trinajstić information content (AvgIpc) is 2.69. The molecule has 3 rings (SSSR count). The highest BCUT2D eigenvalue weighted by molar-refractivity contribution is 7.99. The van der Waals surface area contributed by atoms with Gasteiger partial charge in [-0.2, -0.15) is 13.2 Å². The van der Waals surface area contributed by atoms with Gasteiger partial charge in [-0.15, -0.1) is 11.8 Å². The zero-order chi connectivity index (χ0) is 22.1. The standard InChI is InChI=1S/C17H13ClF3N5O3S/c1-26-12-10(14(28)25-16(26)29)4-8(6-23-12)13(27)22-2-3-30-15-11(18)5-9(7-24-15)17(19,20)21/h4-7H,2-3H2,1H3,(H,22,27)(H,25,28,29). The lowest BCUT2D eigenvalue weighted by molar-refractivity contribution is -0.137. The van der Waals surface area contributed by atoms with Gasteiger partial charge in [0.15, 0.2) is 0 Å². The third kappa shape index (κ3) is 4.65. The smallest absolute Gasteiger partial charge is 0.351 e. The van der Waals surface area contributed by atoms with E-state index in [4.69, 9.17) is 11.6 Å². The number of alkyl halides is 3. The number of carbonyl (C=O) groups is 1. The Kier molecular flexibility index (Phi) is 6.17. The van der Waals surface area contributed by atoms with Gasteiger partial charge in [0.1, 0.15) is 10.7 Å². The summed E-state index contributed by atoms with van der Waals surface area (Å²) in [6.45, 7) is 0.157. The number of rotatable bonds is 5. The Balaban J connectivity index is 1.63. The Morgan fingerprint density at radius 1 is 1.27 bits per heavy atom. The third-order valence-corrected chi connectivity index (χ3v) is 5.38. The molecule has 3 heterocycles. The molecule has 0 fully saturated rings. The van der Waals surface area contributed by atoms with Gasteiger partial charge in [-0.1, -0.05) is 11.6 Å². The summed E-state index contributed by atoms with van der Waals surface area (Å²) < 4.78 is 39.0. The minimum Gasteiger partial charge on any atom is -0.351 e. The topological polar surface area (TPSA) is 110 Å². The number of H-pyrrole nitrogens is 1. The minimum absolute atomic E-state index is 0.0832. The van der Waals surface area contributed by atoms with Gasteiger partial charge in [0, 0.05) is 31.7 Å². The summed E-state index contributed by atoms with van der Waals surface area (Å²) in [6.07, 6.45) is -2.61. The number of nitrogens with one attached hydrogen (secondary N) is 2. The van der Waals surface area contributed by atoms with Crippen molar-refractivity contribution in [3.8, 4) is 0 Å². The number of nitrogens with zero attached hydrogens (tertiary/aromatic N) is 3. The molecule has 3 aromatic heterocycles. The van der Waals surface area contributed by atoms with Crippen molar-refractivity contribution in [3.63, 3.8) is 0 Å². The Labute approximate surface area is 175 Å². The van der Waals surface area contributed by atoms with Crippen molar-refractivity contribution in [2.24, 2.45) is 7.05 Å². The van der Waals surface area contributed by atoms with Crippen LogP contribution in [0.25, 0.3) is 11.0 Å². The quantitative estimate of drug-likeness (QED) is 0.447. The fourth-order valence-corrected chi connectivity index (χ4v) is 3.51. The molecule has 3 aromatic rings. The van der Waals surface area contributed by atoms with Gasteiger partial charge in [-0.3, -0.25) is 19.1 Å². The van der Waals surface area contributed by atoms with Gasteiger partial charge in [0.05, 0.1) is 21.5 Å². The van der Waals surface area contributed by atoms with E-state index in [1.165, 1.54) is 19.3 Å². The van der Waals surface area contributed by atoms with E-state index in [0.717, 1.165) is 22.4 Å². The summed E-state index contributed by atoms with van der Waals surface area (Å²) in [4.78, 5) is 45.6. The number of pyridine rings is 2. The first-order valence-corrected chi connectivity index (χ1v) is 9.67. The molecule has 0 atom stereocenters. The molecular weight excluding hydrogens is 447 g/mol. The van der Waals surface area contributed by atoms with Crippen LogP contribution in [-0.4, -0.2) is 37.7 Å². The molecule has 0 aliphatic rings. The number of carbonyl (C=O) groups excluding carboxylic acids is 1. The van der Waals surface area contributed by atoms with Crippen LogP contribution in [0.15, 0.2) is 39.1 Å². The van der Waals surface area contributed by atoms with E-state index in [2.05, 4.69) is 20.3 Å². The number of hydrogen-bond acceptors (Lipinski definition) is 6. The van der Waals surface area contributed by atoms with Crippen LogP contribution in [0, 0.1) is 0 Å². The van der Waals surface area contributed by atoms with Crippen molar-refractivity contribution in [2.45, 2.75) is 11.2 Å². The largest absolute Gasteiger partial charge is 0.417 e. The van der Waals surface area contributed by atoms with Crippen LogP contribution in [0.2, 0.25) is 5.02 Å². The Morgan fingerprint density at radius 3 is 2.67 bits per heavy atom. The lowest BCUT2D eigenvalue weighted by atomic mass is 10.2. The summed E-state index contributed by atoms with van der Waals surface area (Å²) in [5.74, 6) is -0.218. The van der Waals surface area contributed by atoms with Crippen LogP contribution in [0.3, 0.4) is 0 Å². The SMILES string of the molecule is Cn1c(=O)[nH]c(=O)c2cc(C(=O)NCCSc3ncc(C(F)(F)F)cc3Cl)cnc21. The first kappa shape index (κ1) is 21.8. The summed E-state index contributed by atoms with van der Waals surface area (Å²) in [7, 11) is 1.44. The van der Waals surface area contributed by atoms with Gasteiger partial charge in [-0.25, -0.2) is 14.8 Å². The first-order chi connectivity index (χ1) is 14.1. The molecule has 8 nitrogen and oxygen atoms in total. The molecule has 0 saturated carbocycles. The Bertz CT molecular complexity index is 1240. The van der Waals surface area contributed by atoms with E-state index in [1.807, 2.05) is 0 Å². The van der Waals surface area contributed by atoms with E-state index < -0.39 is 28.9 Å². The zero-order valence-corrected chi connectivity index (χ0v) is 16.8. The lowest BCUT2D eigenvalue weighted by Gasteiger charge is -2.09. The second-order valence-corrected chi connectivity index (χ2v) is 7.52. The number of aromatic nitrogens is 4. The van der Waals surface area contributed by atoms with Crippen molar-refractivity contribution in [2.75, 3.05) is 12.3 Å². The highest BCUT2D eigenvalue weighted by Gasteiger charge is 2.31. The monoisotopic (exact) mass is 459 g/mol. The number of amides is 1. The third-order valence-electron chi connectivity index (χ3n) is 3.98. The molecule has 1 amide bonds. The molecule has 0 aliphatic heterocycles. The molecule has 0 radical (unpaired) electrons. The second kappa shape index (κ2) is 8.48. The molecule has 0 aliphatic carbocycles. The number of aromatic amines is 1. The van der Waals surface area contributed by atoms with Crippen LogP contribution in [0.1, 0.15) is 15.9 Å². The molecular formula is C17H13ClF3N5O3S. The molecule has 13 heteroatoms. The number of halogens is 4. The summed E-state index contributed by atoms with van der Waals surface area (Å²) in [5, 5.41) is 2.76. The highest BCUT2D eigenvalue weighted by atomic mass is 35.5. The lowest BCUT2D eigenvalue weighted by Crippen LogP contribution is -2.30. The number of thioether (sulfide) groups is 1. The van der Waals surface area contributed by atoms with Crippen molar-refractivity contribution in [3.05, 3.63) is 61.5 Å². The summed E-state index contributed by atoms with van der Waals surface area (Å²) in [5.41, 5.74) is -1.97. The molecule has 0 unspecified atom stereocenters. The maximum absolute atomic E-state index is 12.6. The first-order valence-electron chi connectivity index (χ1n) is 8.30. The summed E-state index contributed by atoms with van der Waals surface area (Å²) in [6, 6.07) is 2.11. The Hall–Kier alpha value is -2.86. The molecule has 0 bridgehead atoms. The number of hydrogen-bond donors (Lipinski definition) is 2. The molecule has 2 N–H and O–H groups in total. The van der Waals surface area contributed by atoms with E-state index in [-0.39, 0.29) is 33.2 Å². The van der Waals surface area contributed by atoms with Gasteiger partial charge in [0.25, 0.3) is 11.5 Å². The zero-order valence-electron chi connectivity index (χ0n) is 15.2. The van der Waals surface area contributed by atoms with Crippen LogP contribution in [0.5, 0.6) is 0 Å². The van der Waals surface area contributed by atoms with Crippen molar-refractivity contribution >= 4 is 40.3 Å². The predicted octanol–water partition coefficient (Wildman–Crippen LogP) is 2.21. The van der Waals surface area contributed by atoms with Crippen LogP contribution >= 0.6 is 23.4 Å². The van der Waals surface area contributed by atoms with E-state index in [9.17, 15) is 27.6 Å². The van der Waals surface area contributed by atoms with Crippen LogP contribution < -0.4 is 16.6 Å². The minimum atomic E-state index is -4.53. The van der Waals surface area contributed by atoms with Crippen molar-refractivity contribution < 1.29 is 18.0 Å². The Morgan fingerprint density at radius 2 is 2.00 bits per heavy atom.